The summed E-state index contributed by atoms with van der Waals surface area (Å²) in [4.78, 5) is 15.1. The van der Waals surface area contributed by atoms with Crippen LogP contribution >= 0.6 is 34.5 Å². The van der Waals surface area contributed by atoms with Crippen LogP contribution in [0, 0.1) is 11.3 Å². The van der Waals surface area contributed by atoms with Gasteiger partial charge in [0.15, 0.2) is 0 Å². The number of hydrogen-bond acceptors (Lipinski definition) is 6. The average molecular weight is 456 g/mol. The Morgan fingerprint density at radius 1 is 1.41 bits per heavy atom. The maximum absolute atomic E-state index is 12.9. The summed E-state index contributed by atoms with van der Waals surface area (Å²) >= 11 is 13.7. The molecule has 6 nitrogen and oxygen atoms in total. The molecule has 0 saturated carbocycles. The zero-order valence-electron chi connectivity index (χ0n) is 16.3. The van der Waals surface area contributed by atoms with Crippen molar-refractivity contribution in [2.75, 3.05) is 44.9 Å². The zero-order valence-corrected chi connectivity index (χ0v) is 18.6. The van der Waals surface area contributed by atoms with E-state index >= 15 is 0 Å². The Balaban J connectivity index is 2.55. The minimum atomic E-state index is -0.314. The fraction of sp³-hybridized carbons (Fsp3) is 0.400. The van der Waals surface area contributed by atoms with Crippen LogP contribution in [0.2, 0.25) is 10.0 Å². The van der Waals surface area contributed by atoms with Gasteiger partial charge in [-0.2, -0.15) is 5.26 Å². The van der Waals surface area contributed by atoms with Gasteiger partial charge in [-0.15, -0.1) is 11.3 Å². The molecule has 0 atom stereocenters. The lowest BCUT2D eigenvalue weighted by Crippen LogP contribution is -2.24. The van der Waals surface area contributed by atoms with Gasteiger partial charge in [-0.05, 0) is 25.5 Å². The first-order valence-corrected chi connectivity index (χ1v) is 10.7. The lowest BCUT2D eigenvalue weighted by molar-refractivity contribution is 0.0956. The Hall–Kier alpha value is -1.82. The maximum Gasteiger partial charge on any atom is 0.262 e. The number of aliphatic hydroxyl groups is 1. The van der Waals surface area contributed by atoms with Gasteiger partial charge in [0.25, 0.3) is 5.91 Å². The molecule has 1 heterocycles. The van der Waals surface area contributed by atoms with E-state index in [9.17, 15) is 10.1 Å². The number of nitrogens with one attached hydrogen (secondary N) is 1. The molecule has 9 heteroatoms. The number of rotatable bonds is 10. The number of nitriles is 1. The van der Waals surface area contributed by atoms with E-state index in [1.807, 2.05) is 18.9 Å². The average Bonchev–Trinajstić information content (AvgIpc) is 3.07. The number of carbonyl (C=O) groups excluding carboxylic acids is 1. The van der Waals surface area contributed by atoms with Gasteiger partial charge in [-0.3, -0.25) is 4.79 Å². The van der Waals surface area contributed by atoms with Crippen molar-refractivity contribution in [3.05, 3.63) is 38.7 Å². The number of likely N-dealkylation sites (N-methyl/N-ethyl adjacent to an activating group) is 1. The molecule has 0 fully saturated rings. The highest BCUT2D eigenvalue weighted by molar-refractivity contribution is 7.19. The molecule has 29 heavy (non-hydrogen) atoms. The molecule has 0 aliphatic carbocycles. The Morgan fingerprint density at radius 3 is 2.79 bits per heavy atom. The van der Waals surface area contributed by atoms with Gasteiger partial charge in [0.05, 0.1) is 12.2 Å². The van der Waals surface area contributed by atoms with Crippen molar-refractivity contribution < 1.29 is 14.6 Å². The van der Waals surface area contributed by atoms with Gasteiger partial charge in [0.2, 0.25) is 0 Å². The van der Waals surface area contributed by atoms with E-state index in [0.29, 0.717) is 69.3 Å². The van der Waals surface area contributed by atoms with Gasteiger partial charge in [-0.1, -0.05) is 29.3 Å². The Morgan fingerprint density at radius 2 is 2.17 bits per heavy atom. The van der Waals surface area contributed by atoms with Gasteiger partial charge >= 0.3 is 0 Å². The molecule has 0 bridgehead atoms. The van der Waals surface area contributed by atoms with Crippen LogP contribution in [0.1, 0.15) is 28.6 Å². The van der Waals surface area contributed by atoms with Crippen LogP contribution in [0.4, 0.5) is 5.00 Å². The second-order valence-electron chi connectivity index (χ2n) is 6.17. The van der Waals surface area contributed by atoms with Crippen molar-refractivity contribution in [1.82, 2.24) is 5.32 Å². The van der Waals surface area contributed by atoms with E-state index in [2.05, 4.69) is 11.4 Å². The summed E-state index contributed by atoms with van der Waals surface area (Å²) in [6, 6.07) is 7.21. The second-order valence-corrected chi connectivity index (χ2v) is 8.02. The van der Waals surface area contributed by atoms with Crippen LogP contribution in [0.5, 0.6) is 0 Å². The quantitative estimate of drug-likeness (QED) is 0.524. The Labute approximate surface area is 184 Å². The molecule has 0 aliphatic heterocycles. The summed E-state index contributed by atoms with van der Waals surface area (Å²) in [6.45, 7) is 3.91. The molecule has 1 amide bonds. The van der Waals surface area contributed by atoms with Crippen molar-refractivity contribution in [2.24, 2.45) is 0 Å². The molecular weight excluding hydrogens is 433 g/mol. The van der Waals surface area contributed by atoms with E-state index in [1.165, 1.54) is 11.3 Å². The highest BCUT2D eigenvalue weighted by Crippen LogP contribution is 2.44. The third-order valence-corrected chi connectivity index (χ3v) is 6.00. The fourth-order valence-electron chi connectivity index (χ4n) is 2.71. The van der Waals surface area contributed by atoms with Gasteiger partial charge in [-0.25, -0.2) is 0 Å². The molecule has 2 aromatic rings. The SMILES string of the molecule is CCOCCN(C)c1sc(C(=O)NCCCO)c(-c2ccc(Cl)cc2Cl)c1C#N. The van der Waals surface area contributed by atoms with E-state index in [0.717, 1.165) is 0 Å². The highest BCUT2D eigenvalue weighted by atomic mass is 35.5. The summed E-state index contributed by atoms with van der Waals surface area (Å²) in [5, 5.41) is 23.1. The topological polar surface area (TPSA) is 85.6 Å². The van der Waals surface area contributed by atoms with E-state index in [4.69, 9.17) is 33.0 Å². The number of benzene rings is 1. The first-order valence-electron chi connectivity index (χ1n) is 9.14. The van der Waals surface area contributed by atoms with Crippen LogP contribution in [-0.2, 0) is 4.74 Å². The largest absolute Gasteiger partial charge is 0.396 e. The predicted molar refractivity (Wildman–Crippen MR) is 118 cm³/mol. The van der Waals surface area contributed by atoms with Crippen molar-refractivity contribution in [1.29, 1.82) is 5.26 Å². The number of hydrogen-bond donors (Lipinski definition) is 2. The monoisotopic (exact) mass is 455 g/mol. The number of ether oxygens (including phenoxy) is 1. The number of carbonyl (C=O) groups is 1. The lowest BCUT2D eigenvalue weighted by atomic mass is 10.0. The highest BCUT2D eigenvalue weighted by Gasteiger charge is 2.27. The first-order chi connectivity index (χ1) is 13.9. The third-order valence-electron chi connectivity index (χ3n) is 4.15. The first kappa shape index (κ1) is 23.5. The Bertz CT molecular complexity index is 896. The summed E-state index contributed by atoms with van der Waals surface area (Å²) in [6.07, 6.45) is 0.445. The van der Waals surface area contributed by atoms with Crippen LogP contribution < -0.4 is 10.2 Å². The minimum Gasteiger partial charge on any atom is -0.396 e. The lowest BCUT2D eigenvalue weighted by Gasteiger charge is -2.17. The summed E-state index contributed by atoms with van der Waals surface area (Å²) in [7, 11) is 1.85. The number of aliphatic hydroxyl groups excluding tert-OH is 1. The number of halogens is 2. The van der Waals surface area contributed by atoms with Crippen LogP contribution in [0.25, 0.3) is 11.1 Å². The predicted octanol–water partition coefficient (Wildman–Crippen LogP) is 4.18. The van der Waals surface area contributed by atoms with Gasteiger partial charge in [0, 0.05) is 54.5 Å². The standard InChI is InChI=1S/C20H23Cl2N3O3S/c1-3-28-10-8-25(2)20-15(12-23)17(14-6-5-13(21)11-16(14)22)18(29-20)19(27)24-7-4-9-26/h5-6,11,26H,3-4,7-10H2,1-2H3,(H,24,27). The van der Waals surface area contributed by atoms with Gasteiger partial charge < -0.3 is 20.1 Å². The summed E-state index contributed by atoms with van der Waals surface area (Å²) in [5.41, 5.74) is 1.44. The molecular formula is C20H23Cl2N3O3S. The molecule has 0 radical (unpaired) electrons. The molecule has 0 unspecified atom stereocenters. The molecule has 1 aromatic carbocycles. The number of thiophene rings is 1. The van der Waals surface area contributed by atoms with Crippen molar-refractivity contribution in [2.45, 2.75) is 13.3 Å². The number of nitrogens with zero attached hydrogens (tertiary/aromatic N) is 2. The van der Waals surface area contributed by atoms with Crippen molar-refractivity contribution >= 4 is 45.4 Å². The third kappa shape index (κ3) is 5.84. The van der Waals surface area contributed by atoms with Crippen molar-refractivity contribution in [3.63, 3.8) is 0 Å². The van der Waals surface area contributed by atoms with Crippen LogP contribution in [0.3, 0.4) is 0 Å². The number of anilines is 1. The molecule has 156 valence electrons. The molecule has 0 saturated heterocycles. The Kier molecular flexibility index (Phi) is 9.21. The molecule has 2 rings (SSSR count). The van der Waals surface area contributed by atoms with E-state index in [-0.39, 0.29) is 12.5 Å². The van der Waals surface area contributed by atoms with Gasteiger partial charge in [0.1, 0.15) is 15.9 Å². The van der Waals surface area contributed by atoms with Crippen LogP contribution in [-0.4, -0.2) is 51.0 Å². The molecule has 1 aromatic heterocycles. The fourth-order valence-corrected chi connectivity index (χ4v) is 4.38. The second kappa shape index (κ2) is 11.4. The molecule has 0 spiro atoms. The minimum absolute atomic E-state index is 0.0184. The smallest absolute Gasteiger partial charge is 0.262 e. The van der Waals surface area contributed by atoms with Crippen LogP contribution in [0.15, 0.2) is 18.2 Å². The van der Waals surface area contributed by atoms with E-state index < -0.39 is 0 Å². The van der Waals surface area contributed by atoms with Crippen molar-refractivity contribution in [3.8, 4) is 17.2 Å². The summed E-state index contributed by atoms with van der Waals surface area (Å²) in [5.74, 6) is -0.314. The molecule has 0 aliphatic rings. The number of amides is 1. The zero-order chi connectivity index (χ0) is 21.4. The van der Waals surface area contributed by atoms with E-state index in [1.54, 1.807) is 18.2 Å². The molecule has 2 N–H and O–H groups in total. The normalized spacial score (nSPS) is 10.6. The maximum atomic E-state index is 12.9. The summed E-state index contributed by atoms with van der Waals surface area (Å²) < 4.78 is 5.41.